The molecule has 0 spiro atoms. The Labute approximate surface area is 192 Å². The van der Waals surface area contributed by atoms with Crippen molar-refractivity contribution in [1.82, 2.24) is 15.6 Å². The van der Waals surface area contributed by atoms with Crippen molar-refractivity contribution in [2.45, 2.75) is 18.9 Å². The summed E-state index contributed by atoms with van der Waals surface area (Å²) in [5.41, 5.74) is 3.75. The van der Waals surface area contributed by atoms with Crippen LogP contribution in [0.4, 0.5) is 5.69 Å². The van der Waals surface area contributed by atoms with Crippen LogP contribution in [0.5, 0.6) is 0 Å². The number of aliphatic imine (C=N–C) groups is 1. The van der Waals surface area contributed by atoms with E-state index in [9.17, 15) is 4.79 Å². The summed E-state index contributed by atoms with van der Waals surface area (Å²) in [4.78, 5) is 20.8. The average molecular weight is 517 g/mol. The van der Waals surface area contributed by atoms with Gasteiger partial charge in [-0.1, -0.05) is 36.4 Å². The number of benzene rings is 2. The van der Waals surface area contributed by atoms with Crippen molar-refractivity contribution in [2.75, 3.05) is 18.9 Å². The van der Waals surface area contributed by atoms with E-state index in [1.54, 1.807) is 13.3 Å². The van der Waals surface area contributed by atoms with Crippen LogP contribution in [0.25, 0.3) is 11.5 Å². The molecule has 0 bridgehead atoms. The van der Waals surface area contributed by atoms with Gasteiger partial charge in [0.2, 0.25) is 11.8 Å². The quantitative estimate of drug-likeness (QED) is 0.273. The number of rotatable bonds is 5. The van der Waals surface area contributed by atoms with Crippen LogP contribution in [0.3, 0.4) is 0 Å². The van der Waals surface area contributed by atoms with Crippen LogP contribution in [-0.4, -0.2) is 30.4 Å². The van der Waals surface area contributed by atoms with Gasteiger partial charge in [0.1, 0.15) is 6.26 Å². The number of halogens is 1. The summed E-state index contributed by atoms with van der Waals surface area (Å²) < 4.78 is 5.57. The molecule has 4 rings (SSSR count). The van der Waals surface area contributed by atoms with Gasteiger partial charge >= 0.3 is 0 Å². The number of carbonyl (C=O) groups is 1. The fraction of sp³-hybridized carbons (Fsp3) is 0.227. The van der Waals surface area contributed by atoms with Gasteiger partial charge < -0.3 is 20.4 Å². The normalized spacial score (nSPS) is 15.6. The van der Waals surface area contributed by atoms with Gasteiger partial charge in [0.05, 0.1) is 12.2 Å². The second kappa shape index (κ2) is 10.2. The Hall–Kier alpha value is -2.88. The van der Waals surface area contributed by atoms with Crippen LogP contribution in [0.2, 0.25) is 0 Å². The van der Waals surface area contributed by atoms with E-state index in [2.05, 4.69) is 32.0 Å². The summed E-state index contributed by atoms with van der Waals surface area (Å²) >= 11 is 0. The molecule has 0 saturated heterocycles. The zero-order valence-corrected chi connectivity index (χ0v) is 18.9. The van der Waals surface area contributed by atoms with E-state index < -0.39 is 0 Å². The van der Waals surface area contributed by atoms with E-state index in [1.165, 1.54) is 0 Å². The number of hydrogen-bond donors (Lipinski definition) is 3. The van der Waals surface area contributed by atoms with E-state index in [4.69, 9.17) is 4.42 Å². The molecule has 8 heteroatoms. The Morgan fingerprint density at radius 3 is 2.73 bits per heavy atom. The number of oxazole rings is 1. The molecule has 3 aromatic rings. The molecule has 3 N–H and O–H groups in total. The van der Waals surface area contributed by atoms with Crippen LogP contribution in [0.1, 0.15) is 23.6 Å². The summed E-state index contributed by atoms with van der Waals surface area (Å²) in [6.07, 6.45) is 2.09. The molecule has 7 nitrogen and oxygen atoms in total. The molecule has 1 aromatic heterocycles. The van der Waals surface area contributed by atoms with E-state index in [-0.39, 0.29) is 35.8 Å². The third kappa shape index (κ3) is 5.18. The predicted molar refractivity (Wildman–Crippen MR) is 128 cm³/mol. The highest BCUT2D eigenvalue weighted by atomic mass is 127. The summed E-state index contributed by atoms with van der Waals surface area (Å²) in [6, 6.07) is 17.7. The fourth-order valence-corrected chi connectivity index (χ4v) is 3.40. The lowest BCUT2D eigenvalue weighted by Crippen LogP contribution is -2.40. The van der Waals surface area contributed by atoms with Gasteiger partial charge in [-0.05, 0) is 23.8 Å². The SMILES string of the molecule is CN=C(NCc1coc(-c2ccccc2)n1)NCC1CC(=O)Nc2ccccc21.I. The summed E-state index contributed by atoms with van der Waals surface area (Å²) in [5, 5.41) is 9.47. The highest BCUT2D eigenvalue weighted by Gasteiger charge is 2.24. The first-order valence-corrected chi connectivity index (χ1v) is 9.56. The highest BCUT2D eigenvalue weighted by Crippen LogP contribution is 2.31. The number of aromatic nitrogens is 1. The van der Waals surface area contributed by atoms with Gasteiger partial charge in [-0.15, -0.1) is 24.0 Å². The summed E-state index contributed by atoms with van der Waals surface area (Å²) in [7, 11) is 1.72. The van der Waals surface area contributed by atoms with E-state index in [1.807, 2.05) is 48.5 Å². The average Bonchev–Trinajstić information content (AvgIpc) is 3.23. The molecule has 2 heterocycles. The van der Waals surface area contributed by atoms with Crippen molar-refractivity contribution in [2.24, 2.45) is 4.99 Å². The molecule has 1 aliphatic rings. The van der Waals surface area contributed by atoms with E-state index >= 15 is 0 Å². The number of para-hydroxylation sites is 1. The number of guanidine groups is 1. The maximum atomic E-state index is 12.0. The lowest BCUT2D eigenvalue weighted by molar-refractivity contribution is -0.116. The Kier molecular flexibility index (Phi) is 7.45. The van der Waals surface area contributed by atoms with Crippen molar-refractivity contribution in [3.8, 4) is 11.5 Å². The fourth-order valence-electron chi connectivity index (χ4n) is 3.40. The largest absolute Gasteiger partial charge is 0.444 e. The molecule has 0 saturated carbocycles. The molecule has 1 amide bonds. The van der Waals surface area contributed by atoms with Crippen molar-refractivity contribution < 1.29 is 9.21 Å². The minimum Gasteiger partial charge on any atom is -0.444 e. The van der Waals surface area contributed by atoms with Gasteiger partial charge in [-0.3, -0.25) is 9.79 Å². The van der Waals surface area contributed by atoms with Crippen molar-refractivity contribution in [1.29, 1.82) is 0 Å². The van der Waals surface area contributed by atoms with Crippen molar-refractivity contribution in [3.05, 3.63) is 72.1 Å². The van der Waals surface area contributed by atoms with E-state index in [0.717, 1.165) is 22.5 Å². The molecule has 0 radical (unpaired) electrons. The molecular formula is C22H24IN5O2. The van der Waals surface area contributed by atoms with Crippen LogP contribution in [0.15, 0.2) is 70.3 Å². The monoisotopic (exact) mass is 517 g/mol. The Morgan fingerprint density at radius 1 is 1.17 bits per heavy atom. The number of amides is 1. The Morgan fingerprint density at radius 2 is 1.93 bits per heavy atom. The molecule has 1 unspecified atom stereocenters. The molecule has 156 valence electrons. The van der Waals surface area contributed by atoms with Crippen molar-refractivity contribution >= 4 is 41.5 Å². The molecule has 1 atom stereocenters. The number of carbonyl (C=O) groups excluding carboxylic acids is 1. The minimum absolute atomic E-state index is 0. The smallest absolute Gasteiger partial charge is 0.226 e. The topological polar surface area (TPSA) is 91.6 Å². The third-order valence-electron chi connectivity index (χ3n) is 4.86. The number of nitrogens with zero attached hydrogens (tertiary/aromatic N) is 2. The number of hydrogen-bond acceptors (Lipinski definition) is 4. The van der Waals surface area contributed by atoms with Crippen LogP contribution >= 0.6 is 24.0 Å². The van der Waals surface area contributed by atoms with Gasteiger partial charge in [0.25, 0.3) is 0 Å². The zero-order valence-electron chi connectivity index (χ0n) is 16.6. The third-order valence-corrected chi connectivity index (χ3v) is 4.86. The van der Waals surface area contributed by atoms with Crippen LogP contribution in [0, 0.1) is 0 Å². The first-order valence-electron chi connectivity index (χ1n) is 9.56. The van der Waals surface area contributed by atoms with E-state index in [0.29, 0.717) is 31.4 Å². The van der Waals surface area contributed by atoms with Gasteiger partial charge in [-0.2, -0.15) is 0 Å². The Bertz CT molecular complexity index is 1020. The van der Waals surface area contributed by atoms with Gasteiger partial charge in [0.15, 0.2) is 5.96 Å². The lowest BCUT2D eigenvalue weighted by atomic mass is 9.90. The summed E-state index contributed by atoms with van der Waals surface area (Å²) in [5.74, 6) is 1.37. The maximum Gasteiger partial charge on any atom is 0.226 e. The number of nitrogens with one attached hydrogen (secondary N) is 3. The second-order valence-electron chi connectivity index (χ2n) is 6.85. The lowest BCUT2D eigenvalue weighted by Gasteiger charge is -2.26. The Balaban J connectivity index is 0.00000256. The number of fused-ring (bicyclic) bond motifs is 1. The van der Waals surface area contributed by atoms with Crippen LogP contribution < -0.4 is 16.0 Å². The second-order valence-corrected chi connectivity index (χ2v) is 6.85. The molecule has 1 aliphatic heterocycles. The first-order chi connectivity index (χ1) is 14.2. The standard InChI is InChI=1S/C22H23N5O2.HI/c1-23-22(24-12-16-11-20(28)27-19-10-6-5-9-18(16)19)25-13-17-14-29-21(26-17)15-7-3-2-4-8-15;/h2-10,14,16H,11-13H2,1H3,(H,27,28)(H2,23,24,25);1H. The van der Waals surface area contributed by atoms with Crippen LogP contribution in [-0.2, 0) is 11.3 Å². The highest BCUT2D eigenvalue weighted by molar-refractivity contribution is 14.0. The molecule has 0 aliphatic carbocycles. The predicted octanol–water partition coefficient (Wildman–Crippen LogP) is 3.75. The molecule has 2 aromatic carbocycles. The molecular weight excluding hydrogens is 493 g/mol. The van der Waals surface area contributed by atoms with Crippen molar-refractivity contribution in [3.63, 3.8) is 0 Å². The minimum atomic E-state index is 0. The van der Waals surface area contributed by atoms with Gasteiger partial charge in [0, 0.05) is 37.2 Å². The first kappa shape index (κ1) is 21.8. The summed E-state index contributed by atoms with van der Waals surface area (Å²) in [6.45, 7) is 1.09. The molecule has 0 fully saturated rings. The maximum absolute atomic E-state index is 12.0. The van der Waals surface area contributed by atoms with Gasteiger partial charge in [-0.25, -0.2) is 4.98 Å². The molecule has 30 heavy (non-hydrogen) atoms. The number of anilines is 1. The zero-order chi connectivity index (χ0) is 20.1.